The lowest BCUT2D eigenvalue weighted by molar-refractivity contribution is -0.0289. The lowest BCUT2D eigenvalue weighted by Gasteiger charge is -2.34. The van der Waals surface area contributed by atoms with Gasteiger partial charge in [0, 0.05) is 25.9 Å². The molecule has 1 aliphatic heterocycles. The molecule has 10 nitrogen and oxygen atoms in total. The summed E-state index contributed by atoms with van der Waals surface area (Å²) in [6.45, 7) is 5.12. The summed E-state index contributed by atoms with van der Waals surface area (Å²) in [6.07, 6.45) is 5.80. The highest BCUT2D eigenvalue weighted by molar-refractivity contribution is 5.73. The Kier molecular flexibility index (Phi) is 14.3. The number of carbonyl (C=O) groups excluding carboxylic acids is 3. The van der Waals surface area contributed by atoms with Crippen molar-refractivity contribution in [2.75, 3.05) is 13.1 Å². The number of piperidine rings is 1. The largest absolute Gasteiger partial charge is 0.457 e. The molecular weight excluding hydrogens is 538 g/mol. The summed E-state index contributed by atoms with van der Waals surface area (Å²) < 4.78 is 22.5. The fraction of sp³-hybridized carbons (Fsp3) is 0.531. The summed E-state index contributed by atoms with van der Waals surface area (Å²) in [5.41, 5.74) is 0. The number of hydrogen-bond acceptors (Lipinski definition) is 7. The van der Waals surface area contributed by atoms with Crippen molar-refractivity contribution in [3.05, 3.63) is 54.6 Å². The topological polar surface area (TPSA) is 115 Å². The summed E-state index contributed by atoms with van der Waals surface area (Å²) in [5.74, 6) is 1.66. The average molecular weight is 584 g/mol. The van der Waals surface area contributed by atoms with Crippen LogP contribution in [0.5, 0.6) is 17.2 Å². The number of para-hydroxylation sites is 1. The first-order valence-corrected chi connectivity index (χ1v) is 15.2. The second kappa shape index (κ2) is 18.5. The Morgan fingerprint density at radius 1 is 0.833 bits per heavy atom. The Morgan fingerprint density at radius 3 is 2.26 bits per heavy atom. The van der Waals surface area contributed by atoms with Gasteiger partial charge in [-0.2, -0.15) is 0 Å². The highest BCUT2D eigenvalue weighted by Crippen LogP contribution is 2.25. The molecule has 0 aromatic heterocycles. The number of likely N-dealkylation sites (tertiary alicyclic amines) is 1. The van der Waals surface area contributed by atoms with Gasteiger partial charge in [0.15, 0.2) is 12.5 Å². The molecule has 3 amide bonds. The van der Waals surface area contributed by atoms with Crippen LogP contribution in [0.15, 0.2) is 54.6 Å². The maximum absolute atomic E-state index is 13.0. The van der Waals surface area contributed by atoms with E-state index >= 15 is 0 Å². The van der Waals surface area contributed by atoms with Crippen molar-refractivity contribution in [2.24, 2.45) is 0 Å². The van der Waals surface area contributed by atoms with Crippen molar-refractivity contribution in [1.29, 1.82) is 0 Å². The van der Waals surface area contributed by atoms with E-state index in [1.54, 1.807) is 24.3 Å². The third kappa shape index (κ3) is 11.9. The van der Waals surface area contributed by atoms with E-state index in [-0.39, 0.29) is 0 Å². The molecule has 42 heavy (non-hydrogen) atoms. The predicted molar refractivity (Wildman–Crippen MR) is 159 cm³/mol. The van der Waals surface area contributed by atoms with E-state index in [9.17, 15) is 14.4 Å². The van der Waals surface area contributed by atoms with Crippen LogP contribution in [-0.4, -0.2) is 48.7 Å². The highest BCUT2D eigenvalue weighted by Gasteiger charge is 2.32. The van der Waals surface area contributed by atoms with E-state index in [2.05, 4.69) is 24.5 Å². The molecule has 2 atom stereocenters. The quantitative estimate of drug-likeness (QED) is 0.163. The first kappa shape index (κ1) is 32.6. The van der Waals surface area contributed by atoms with Crippen molar-refractivity contribution < 1.29 is 33.3 Å². The molecule has 0 saturated carbocycles. The molecule has 0 spiro atoms. The van der Waals surface area contributed by atoms with E-state index in [0.717, 1.165) is 57.8 Å². The summed E-state index contributed by atoms with van der Waals surface area (Å²) in [7, 11) is 0. The second-order valence-electron chi connectivity index (χ2n) is 10.3. The van der Waals surface area contributed by atoms with Gasteiger partial charge in [0.25, 0.3) is 0 Å². The van der Waals surface area contributed by atoms with Gasteiger partial charge in [-0.1, -0.05) is 64.2 Å². The minimum Gasteiger partial charge on any atom is -0.457 e. The Morgan fingerprint density at radius 2 is 1.52 bits per heavy atom. The minimum atomic E-state index is -0.833. The van der Waals surface area contributed by atoms with Gasteiger partial charge < -0.3 is 24.3 Å². The number of ether oxygens (including phenoxy) is 4. The molecule has 2 aromatic rings. The Balaban J connectivity index is 1.51. The zero-order chi connectivity index (χ0) is 30.0. The maximum atomic E-state index is 13.0. The smallest absolute Gasteiger partial charge is 0.418 e. The SMILES string of the molecule is CCCCCCNC(=O)OC(CCCCC)NC(=O)OC1CCCCN1C(=O)Oc1ccc(Oc2ccccc2)cc1. The van der Waals surface area contributed by atoms with Crippen molar-refractivity contribution in [3.8, 4) is 17.2 Å². The van der Waals surface area contributed by atoms with E-state index in [1.165, 1.54) is 4.90 Å². The van der Waals surface area contributed by atoms with Gasteiger partial charge in [0.1, 0.15) is 17.2 Å². The highest BCUT2D eigenvalue weighted by atomic mass is 16.6. The average Bonchev–Trinajstić information content (AvgIpc) is 2.99. The van der Waals surface area contributed by atoms with Crippen LogP contribution in [-0.2, 0) is 9.47 Å². The van der Waals surface area contributed by atoms with Crippen LogP contribution in [0.3, 0.4) is 0 Å². The van der Waals surface area contributed by atoms with Gasteiger partial charge in [-0.3, -0.25) is 10.2 Å². The molecular formula is C32H45N3O7. The van der Waals surface area contributed by atoms with Crippen LogP contribution in [0.1, 0.15) is 84.5 Å². The number of amides is 3. The Bertz CT molecular complexity index is 1080. The molecule has 3 rings (SSSR count). The fourth-order valence-electron chi connectivity index (χ4n) is 4.53. The van der Waals surface area contributed by atoms with Crippen LogP contribution in [0.25, 0.3) is 0 Å². The Hall–Kier alpha value is -3.95. The molecule has 2 aromatic carbocycles. The normalized spacial score (nSPS) is 15.3. The van der Waals surface area contributed by atoms with Gasteiger partial charge in [-0.05, 0) is 62.1 Å². The number of benzene rings is 2. The molecule has 1 aliphatic rings. The van der Waals surface area contributed by atoms with Gasteiger partial charge >= 0.3 is 18.3 Å². The zero-order valence-electron chi connectivity index (χ0n) is 24.8. The third-order valence-electron chi connectivity index (χ3n) is 6.83. The van der Waals surface area contributed by atoms with Gasteiger partial charge in [-0.15, -0.1) is 0 Å². The molecule has 0 aliphatic carbocycles. The van der Waals surface area contributed by atoms with Crippen LogP contribution in [0.2, 0.25) is 0 Å². The third-order valence-corrected chi connectivity index (χ3v) is 6.83. The second-order valence-corrected chi connectivity index (χ2v) is 10.3. The zero-order valence-corrected chi connectivity index (χ0v) is 24.8. The number of carbonyl (C=O) groups is 3. The predicted octanol–water partition coefficient (Wildman–Crippen LogP) is 7.73. The fourth-order valence-corrected chi connectivity index (χ4v) is 4.53. The number of alkyl carbamates (subject to hydrolysis) is 2. The molecule has 10 heteroatoms. The van der Waals surface area contributed by atoms with E-state index in [4.69, 9.17) is 18.9 Å². The minimum absolute atomic E-state index is 0.347. The molecule has 2 unspecified atom stereocenters. The summed E-state index contributed by atoms with van der Waals surface area (Å²) in [4.78, 5) is 39.6. The summed E-state index contributed by atoms with van der Waals surface area (Å²) in [6, 6.07) is 16.1. The summed E-state index contributed by atoms with van der Waals surface area (Å²) >= 11 is 0. The van der Waals surface area contributed by atoms with Crippen molar-refractivity contribution in [1.82, 2.24) is 15.5 Å². The van der Waals surface area contributed by atoms with Crippen LogP contribution < -0.4 is 20.1 Å². The molecule has 0 radical (unpaired) electrons. The van der Waals surface area contributed by atoms with E-state index in [1.807, 2.05) is 30.3 Å². The Labute approximate surface area is 249 Å². The molecule has 0 bridgehead atoms. The lowest BCUT2D eigenvalue weighted by atomic mass is 10.1. The van der Waals surface area contributed by atoms with Crippen LogP contribution in [0, 0.1) is 0 Å². The van der Waals surface area contributed by atoms with Crippen molar-refractivity contribution in [2.45, 2.75) is 96.9 Å². The van der Waals surface area contributed by atoms with Crippen LogP contribution in [0.4, 0.5) is 14.4 Å². The monoisotopic (exact) mass is 583 g/mol. The van der Waals surface area contributed by atoms with Gasteiger partial charge in [-0.25, -0.2) is 14.4 Å². The van der Waals surface area contributed by atoms with E-state index in [0.29, 0.717) is 43.2 Å². The first-order chi connectivity index (χ1) is 20.5. The van der Waals surface area contributed by atoms with E-state index < -0.39 is 30.7 Å². The molecule has 1 fully saturated rings. The van der Waals surface area contributed by atoms with Crippen molar-refractivity contribution in [3.63, 3.8) is 0 Å². The number of nitrogens with one attached hydrogen (secondary N) is 2. The number of hydrogen-bond donors (Lipinski definition) is 2. The molecule has 1 saturated heterocycles. The number of nitrogens with zero attached hydrogens (tertiary/aromatic N) is 1. The van der Waals surface area contributed by atoms with Crippen LogP contribution >= 0.6 is 0 Å². The van der Waals surface area contributed by atoms with Gasteiger partial charge in [0.05, 0.1) is 0 Å². The molecule has 230 valence electrons. The maximum Gasteiger partial charge on any atom is 0.418 e. The lowest BCUT2D eigenvalue weighted by Crippen LogP contribution is -2.50. The number of rotatable bonds is 15. The first-order valence-electron chi connectivity index (χ1n) is 15.2. The standard InChI is InChI=1S/C32H45N3O7/c1-3-5-7-13-23-33-30(36)41-28(17-9-6-4-2)34-31(37)42-29-18-12-14-24-35(29)32(38)40-27-21-19-26(20-22-27)39-25-15-10-8-11-16-25/h8,10-11,15-16,19-22,28-29H,3-7,9,12-14,17-18,23-24H2,1-2H3,(H,33,36)(H,34,37). The van der Waals surface area contributed by atoms with Crippen molar-refractivity contribution >= 4 is 18.3 Å². The summed E-state index contributed by atoms with van der Waals surface area (Å²) in [5, 5.41) is 5.41. The van der Waals surface area contributed by atoms with Gasteiger partial charge in [0.2, 0.25) is 0 Å². The molecule has 1 heterocycles. The molecule has 2 N–H and O–H groups in total. The number of unbranched alkanes of at least 4 members (excludes halogenated alkanes) is 5.